The number of alkyl halides is 9. The lowest BCUT2D eigenvalue weighted by molar-refractivity contribution is -0.202. The average molecular weight is 573 g/mol. The third-order valence-electron chi connectivity index (χ3n) is 5.02. The molecule has 0 aromatic heterocycles. The van der Waals surface area contributed by atoms with Gasteiger partial charge in [0.15, 0.2) is 6.10 Å². The van der Waals surface area contributed by atoms with E-state index in [1.165, 1.54) is 42.5 Å². The molecule has 0 aliphatic rings. The van der Waals surface area contributed by atoms with Gasteiger partial charge in [0.2, 0.25) is 0 Å². The van der Waals surface area contributed by atoms with Gasteiger partial charge in [-0.05, 0) is 65.9 Å². The molecule has 0 radical (unpaired) electrons. The first-order valence-corrected chi connectivity index (χ1v) is 11.3. The molecule has 0 fully saturated rings. The number of hydrogen-bond acceptors (Lipinski definition) is 4. The minimum Gasteiger partial charge on any atom is -0.457 e. The van der Waals surface area contributed by atoms with Crippen molar-refractivity contribution in [1.29, 1.82) is 0 Å². The number of aliphatic hydroxyl groups excluding tert-OH is 1. The Labute approximate surface area is 213 Å². The van der Waals surface area contributed by atoms with Crippen molar-refractivity contribution in [2.45, 2.75) is 34.9 Å². The van der Waals surface area contributed by atoms with Gasteiger partial charge in [-0.25, -0.2) is 4.39 Å². The summed E-state index contributed by atoms with van der Waals surface area (Å²) in [7, 11) is 0. The molecule has 0 heterocycles. The monoisotopic (exact) mass is 573 g/mol. The fourth-order valence-electron chi connectivity index (χ4n) is 3.29. The Kier molecular flexibility index (Phi) is 8.89. The van der Waals surface area contributed by atoms with E-state index < -0.39 is 53.5 Å². The first kappa shape index (κ1) is 29.6. The third kappa shape index (κ3) is 8.27. The number of benzene rings is 3. The van der Waals surface area contributed by atoms with Crippen LogP contribution >= 0.6 is 11.8 Å². The first-order valence-electron chi connectivity index (χ1n) is 10.5. The van der Waals surface area contributed by atoms with Crippen molar-refractivity contribution in [3.05, 3.63) is 89.2 Å². The fraction of sp³-hybridized carbons (Fsp3) is 0.250. The van der Waals surface area contributed by atoms with Crippen LogP contribution in [0.5, 0.6) is 11.5 Å². The van der Waals surface area contributed by atoms with Gasteiger partial charge in [-0.15, -0.1) is 0 Å². The Hall–Kier alpha value is -2.97. The molecule has 38 heavy (non-hydrogen) atoms. The van der Waals surface area contributed by atoms with E-state index in [1.807, 2.05) is 0 Å². The summed E-state index contributed by atoms with van der Waals surface area (Å²) < 4.78 is 136. The fourth-order valence-corrected chi connectivity index (χ4v) is 3.88. The van der Waals surface area contributed by atoms with Crippen molar-refractivity contribution in [3.8, 4) is 11.5 Å². The van der Waals surface area contributed by atoms with Gasteiger partial charge in [-0.3, -0.25) is 0 Å². The van der Waals surface area contributed by atoms with Gasteiger partial charge in [-0.2, -0.15) is 39.5 Å². The summed E-state index contributed by atoms with van der Waals surface area (Å²) in [5, 5.41) is 11.6. The van der Waals surface area contributed by atoms with Crippen molar-refractivity contribution in [2.75, 3.05) is 6.54 Å². The van der Waals surface area contributed by atoms with Crippen molar-refractivity contribution in [3.63, 3.8) is 0 Å². The molecule has 0 spiro atoms. The van der Waals surface area contributed by atoms with E-state index in [-0.39, 0.29) is 33.7 Å². The normalized spacial score (nSPS) is 14.3. The van der Waals surface area contributed by atoms with E-state index in [1.54, 1.807) is 0 Å². The summed E-state index contributed by atoms with van der Waals surface area (Å²) in [6, 6.07) is 9.86. The summed E-state index contributed by atoms with van der Waals surface area (Å²) in [5.41, 5.74) is -6.37. The van der Waals surface area contributed by atoms with Gasteiger partial charge < -0.3 is 15.2 Å². The molecule has 14 heteroatoms. The summed E-state index contributed by atoms with van der Waals surface area (Å²) in [6.07, 6.45) is -12.8. The Morgan fingerprint density at radius 2 is 1.47 bits per heavy atom. The molecule has 2 atom stereocenters. The van der Waals surface area contributed by atoms with Crippen molar-refractivity contribution in [1.82, 2.24) is 5.32 Å². The van der Waals surface area contributed by atoms with Gasteiger partial charge in [-0.1, -0.05) is 18.2 Å². The number of aliphatic hydroxyl groups is 1. The van der Waals surface area contributed by atoms with Crippen molar-refractivity contribution in [2.24, 2.45) is 0 Å². The Bertz CT molecular complexity index is 1230. The maximum atomic E-state index is 14.6. The number of halogens is 10. The molecule has 0 saturated heterocycles. The lowest BCUT2D eigenvalue weighted by Gasteiger charge is -2.24. The largest absolute Gasteiger partial charge is 0.457 e. The molecule has 3 rings (SSSR count). The summed E-state index contributed by atoms with van der Waals surface area (Å²) in [5.74, 6) is -1.04. The zero-order valence-corrected chi connectivity index (χ0v) is 19.6. The third-order valence-corrected chi connectivity index (χ3v) is 5.74. The van der Waals surface area contributed by atoms with Crippen LogP contribution in [-0.2, 0) is 6.18 Å². The summed E-state index contributed by atoms with van der Waals surface area (Å²) in [6.45, 7) is -1.16. The molecule has 0 saturated carbocycles. The van der Waals surface area contributed by atoms with E-state index >= 15 is 0 Å². The lowest BCUT2D eigenvalue weighted by Crippen LogP contribution is -2.40. The Balaban J connectivity index is 1.90. The minimum atomic E-state index is -5.04. The van der Waals surface area contributed by atoms with Gasteiger partial charge >= 0.3 is 17.9 Å². The van der Waals surface area contributed by atoms with E-state index in [4.69, 9.17) is 4.74 Å². The van der Waals surface area contributed by atoms with Crippen LogP contribution < -0.4 is 10.1 Å². The van der Waals surface area contributed by atoms with Crippen LogP contribution in [0.1, 0.15) is 22.7 Å². The topological polar surface area (TPSA) is 41.5 Å². The SMILES string of the molecule is OC(CNC(c1ccc(Oc2cccc(SC(F)(F)F)c2)cc1)c1cc(C(F)(F)F)ccc1F)C(F)(F)F. The van der Waals surface area contributed by atoms with Crippen LogP contribution in [0.3, 0.4) is 0 Å². The molecule has 2 unspecified atom stereocenters. The molecule has 0 aliphatic heterocycles. The van der Waals surface area contributed by atoms with Crippen LogP contribution in [-0.4, -0.2) is 29.4 Å². The predicted octanol–water partition coefficient (Wildman–Crippen LogP) is 7.85. The lowest BCUT2D eigenvalue weighted by atomic mass is 9.96. The second-order valence-corrected chi connectivity index (χ2v) is 8.96. The minimum absolute atomic E-state index is 0.0197. The molecule has 3 aromatic rings. The Morgan fingerprint density at radius 1 is 0.816 bits per heavy atom. The van der Waals surface area contributed by atoms with Crippen LogP contribution in [0.25, 0.3) is 0 Å². The molecule has 206 valence electrons. The average Bonchev–Trinajstić information content (AvgIpc) is 2.79. The number of rotatable bonds is 8. The molecule has 0 aliphatic carbocycles. The van der Waals surface area contributed by atoms with Gasteiger partial charge in [0, 0.05) is 17.0 Å². The second-order valence-electron chi connectivity index (χ2n) is 7.83. The van der Waals surface area contributed by atoms with Gasteiger partial charge in [0.1, 0.15) is 17.3 Å². The maximum absolute atomic E-state index is 14.6. The Morgan fingerprint density at radius 3 is 2.05 bits per heavy atom. The van der Waals surface area contributed by atoms with E-state index in [0.29, 0.717) is 18.2 Å². The quantitative estimate of drug-likeness (QED) is 0.213. The smallest absolute Gasteiger partial charge is 0.446 e. The molecule has 3 nitrogen and oxygen atoms in total. The molecule has 0 amide bonds. The van der Waals surface area contributed by atoms with Crippen LogP contribution in [0.2, 0.25) is 0 Å². The number of nitrogens with one attached hydrogen (secondary N) is 1. The molecule has 0 bridgehead atoms. The van der Waals surface area contributed by atoms with E-state index in [0.717, 1.165) is 6.07 Å². The van der Waals surface area contributed by atoms with E-state index in [2.05, 4.69) is 5.32 Å². The highest BCUT2D eigenvalue weighted by Crippen LogP contribution is 2.39. The molecule has 2 N–H and O–H groups in total. The van der Waals surface area contributed by atoms with Crippen LogP contribution in [0, 0.1) is 5.82 Å². The van der Waals surface area contributed by atoms with Gasteiger partial charge in [0.25, 0.3) is 0 Å². The van der Waals surface area contributed by atoms with Crippen molar-refractivity contribution >= 4 is 11.8 Å². The highest BCUT2D eigenvalue weighted by molar-refractivity contribution is 8.00. The number of ether oxygens (including phenoxy) is 1. The van der Waals surface area contributed by atoms with Crippen LogP contribution in [0.15, 0.2) is 71.6 Å². The number of thioether (sulfide) groups is 1. The summed E-state index contributed by atoms with van der Waals surface area (Å²) >= 11 is -0.361. The predicted molar refractivity (Wildman–Crippen MR) is 118 cm³/mol. The first-order chi connectivity index (χ1) is 17.5. The van der Waals surface area contributed by atoms with Crippen molar-refractivity contribution < 1.29 is 53.7 Å². The zero-order chi connectivity index (χ0) is 28.3. The molecule has 3 aromatic carbocycles. The maximum Gasteiger partial charge on any atom is 0.446 e. The highest BCUT2D eigenvalue weighted by atomic mass is 32.2. The van der Waals surface area contributed by atoms with E-state index in [9.17, 15) is 49.0 Å². The zero-order valence-electron chi connectivity index (χ0n) is 18.8. The number of hydrogen-bond donors (Lipinski definition) is 2. The summed E-state index contributed by atoms with van der Waals surface area (Å²) in [4.78, 5) is -0.154. The second kappa shape index (κ2) is 11.4. The van der Waals surface area contributed by atoms with Gasteiger partial charge in [0.05, 0.1) is 11.6 Å². The molecular weight excluding hydrogens is 556 g/mol. The molecular formula is C24H17F10NO2S. The standard InChI is InChI=1S/C24H17F10NO2S/c25-19-9-6-14(22(26,27)28)10-18(19)21(35-12-20(36)23(29,30)31)13-4-7-15(8-5-13)37-16-2-1-3-17(11-16)38-24(32,33)34/h1-11,20-21,35-36H,12H2. The highest BCUT2D eigenvalue weighted by Gasteiger charge is 2.39. The van der Waals surface area contributed by atoms with Crippen LogP contribution in [0.4, 0.5) is 43.9 Å².